The zero-order chi connectivity index (χ0) is 17.5. The minimum absolute atomic E-state index is 0. The summed E-state index contributed by atoms with van der Waals surface area (Å²) < 4.78 is 11.0. The van der Waals surface area contributed by atoms with Crippen molar-refractivity contribution in [3.05, 3.63) is 24.3 Å². The van der Waals surface area contributed by atoms with Crippen LogP contribution in [0.1, 0.15) is 19.3 Å². The van der Waals surface area contributed by atoms with Gasteiger partial charge < -0.3 is 25.0 Å². The van der Waals surface area contributed by atoms with Crippen molar-refractivity contribution in [3.63, 3.8) is 0 Å². The van der Waals surface area contributed by atoms with Crippen LogP contribution >= 0.6 is 24.0 Å². The molecule has 0 amide bonds. The number of aliphatic imine (C=N–C) groups is 1. The van der Waals surface area contributed by atoms with Gasteiger partial charge in [-0.15, -0.1) is 24.0 Å². The summed E-state index contributed by atoms with van der Waals surface area (Å²) in [7, 11) is 3.53. The van der Waals surface area contributed by atoms with E-state index in [9.17, 15) is 0 Å². The molecule has 2 saturated heterocycles. The van der Waals surface area contributed by atoms with Crippen LogP contribution in [-0.2, 0) is 4.74 Å². The van der Waals surface area contributed by atoms with Gasteiger partial charge in [0.05, 0.1) is 13.2 Å². The number of nitrogens with one attached hydrogen (secondary N) is 2. The fourth-order valence-electron chi connectivity index (χ4n) is 3.52. The summed E-state index contributed by atoms with van der Waals surface area (Å²) in [6.45, 7) is 4.80. The molecule has 0 bridgehead atoms. The standard InChI is InChI=1S/C19H30N4O2.HI/c1-20-19(22-13-18-7-4-10-25-18)21-12-15-8-9-23(14-15)16-5-3-6-17(11-16)24-2;/h3,5-6,11,15,18H,4,7-10,12-14H2,1-2H3,(H2,20,21,22);1H. The second kappa shape index (κ2) is 10.8. The number of hydrogen-bond donors (Lipinski definition) is 2. The topological polar surface area (TPSA) is 58.1 Å². The number of halogens is 1. The molecule has 2 unspecified atom stereocenters. The quantitative estimate of drug-likeness (QED) is 0.377. The molecule has 1 aromatic rings. The van der Waals surface area contributed by atoms with Gasteiger partial charge in [0.25, 0.3) is 0 Å². The van der Waals surface area contributed by atoms with Crippen LogP contribution in [0.2, 0.25) is 0 Å². The number of rotatable bonds is 6. The van der Waals surface area contributed by atoms with E-state index in [1.807, 2.05) is 13.1 Å². The Morgan fingerprint density at radius 3 is 2.88 bits per heavy atom. The molecule has 2 aliphatic heterocycles. The lowest BCUT2D eigenvalue weighted by Crippen LogP contribution is -2.43. The highest BCUT2D eigenvalue weighted by Crippen LogP contribution is 2.26. The van der Waals surface area contributed by atoms with Gasteiger partial charge in [-0.3, -0.25) is 4.99 Å². The molecule has 0 aliphatic carbocycles. The highest BCUT2D eigenvalue weighted by Gasteiger charge is 2.23. The van der Waals surface area contributed by atoms with Crippen LogP contribution in [0.3, 0.4) is 0 Å². The summed E-state index contributed by atoms with van der Waals surface area (Å²) >= 11 is 0. The van der Waals surface area contributed by atoms with Gasteiger partial charge in [-0.2, -0.15) is 0 Å². The van der Waals surface area contributed by atoms with Crippen LogP contribution in [0.4, 0.5) is 5.69 Å². The van der Waals surface area contributed by atoms with Crippen LogP contribution in [-0.4, -0.2) is 59.0 Å². The Morgan fingerprint density at radius 1 is 1.31 bits per heavy atom. The molecule has 2 aliphatic rings. The van der Waals surface area contributed by atoms with Crippen molar-refractivity contribution in [2.75, 3.05) is 51.8 Å². The molecular weight excluding hydrogens is 443 g/mol. The SMILES string of the molecule is CN=C(NCC1CCN(c2cccc(OC)c2)C1)NCC1CCCO1.I. The van der Waals surface area contributed by atoms with Crippen molar-refractivity contribution in [2.24, 2.45) is 10.9 Å². The largest absolute Gasteiger partial charge is 0.497 e. The molecule has 146 valence electrons. The molecule has 3 rings (SSSR count). The van der Waals surface area contributed by atoms with Crippen LogP contribution < -0.4 is 20.3 Å². The molecule has 0 aromatic heterocycles. The third kappa shape index (κ3) is 5.90. The number of nitrogens with zero attached hydrogens (tertiary/aromatic N) is 2. The molecule has 0 saturated carbocycles. The summed E-state index contributed by atoms with van der Waals surface area (Å²) in [6.07, 6.45) is 3.82. The molecule has 2 fully saturated rings. The minimum atomic E-state index is 0. The Hall–Kier alpha value is -1.22. The maximum Gasteiger partial charge on any atom is 0.191 e. The van der Waals surface area contributed by atoms with Gasteiger partial charge >= 0.3 is 0 Å². The van der Waals surface area contributed by atoms with Gasteiger partial charge in [0.1, 0.15) is 5.75 Å². The first-order valence-electron chi connectivity index (χ1n) is 9.23. The molecule has 0 radical (unpaired) electrons. The summed E-state index contributed by atoms with van der Waals surface area (Å²) in [5.74, 6) is 2.40. The number of methoxy groups -OCH3 is 1. The molecule has 2 N–H and O–H groups in total. The van der Waals surface area contributed by atoms with Crippen molar-refractivity contribution in [3.8, 4) is 5.75 Å². The average Bonchev–Trinajstić information content (AvgIpc) is 3.34. The Morgan fingerprint density at radius 2 is 2.15 bits per heavy atom. The predicted molar refractivity (Wildman–Crippen MR) is 117 cm³/mol. The van der Waals surface area contributed by atoms with Gasteiger partial charge in [0.15, 0.2) is 5.96 Å². The number of ether oxygens (including phenoxy) is 2. The first kappa shape index (κ1) is 21.1. The van der Waals surface area contributed by atoms with Crippen LogP contribution in [0.5, 0.6) is 5.75 Å². The monoisotopic (exact) mass is 474 g/mol. The normalized spacial score (nSPS) is 22.8. The van der Waals surface area contributed by atoms with Crippen LogP contribution in [0, 0.1) is 5.92 Å². The van der Waals surface area contributed by atoms with Gasteiger partial charge in [-0.25, -0.2) is 0 Å². The Bertz CT molecular complexity index is 578. The van der Waals surface area contributed by atoms with E-state index in [0.29, 0.717) is 12.0 Å². The first-order valence-corrected chi connectivity index (χ1v) is 9.23. The second-order valence-corrected chi connectivity index (χ2v) is 6.77. The maximum absolute atomic E-state index is 5.65. The third-order valence-corrected chi connectivity index (χ3v) is 5.01. The molecule has 6 nitrogen and oxygen atoms in total. The van der Waals surface area contributed by atoms with Crippen molar-refractivity contribution >= 4 is 35.6 Å². The van der Waals surface area contributed by atoms with Crippen molar-refractivity contribution in [2.45, 2.75) is 25.4 Å². The van der Waals surface area contributed by atoms with E-state index in [1.54, 1.807) is 7.11 Å². The van der Waals surface area contributed by atoms with E-state index in [2.05, 4.69) is 38.7 Å². The highest BCUT2D eigenvalue weighted by atomic mass is 127. The molecular formula is C19H31IN4O2. The maximum atomic E-state index is 5.65. The van der Waals surface area contributed by atoms with E-state index in [1.165, 1.54) is 18.5 Å². The molecule has 26 heavy (non-hydrogen) atoms. The molecule has 7 heteroatoms. The Balaban J connectivity index is 0.00000243. The van der Waals surface area contributed by atoms with E-state index in [0.717, 1.165) is 50.9 Å². The summed E-state index contributed by atoms with van der Waals surface area (Å²) in [5, 5.41) is 6.84. The third-order valence-electron chi connectivity index (χ3n) is 5.01. The fourth-order valence-corrected chi connectivity index (χ4v) is 3.52. The number of benzene rings is 1. The lowest BCUT2D eigenvalue weighted by molar-refractivity contribution is 0.114. The lowest BCUT2D eigenvalue weighted by atomic mass is 10.1. The van der Waals surface area contributed by atoms with Crippen molar-refractivity contribution in [1.82, 2.24) is 10.6 Å². The average molecular weight is 474 g/mol. The minimum Gasteiger partial charge on any atom is -0.497 e. The van der Waals surface area contributed by atoms with E-state index in [-0.39, 0.29) is 24.0 Å². The fraction of sp³-hybridized carbons (Fsp3) is 0.632. The summed E-state index contributed by atoms with van der Waals surface area (Å²) in [6, 6.07) is 8.30. The molecule has 2 atom stereocenters. The van der Waals surface area contributed by atoms with Crippen molar-refractivity contribution < 1.29 is 9.47 Å². The zero-order valence-electron chi connectivity index (χ0n) is 15.7. The molecule has 0 spiro atoms. The van der Waals surface area contributed by atoms with Gasteiger partial charge in [0, 0.05) is 51.6 Å². The van der Waals surface area contributed by atoms with E-state index >= 15 is 0 Å². The van der Waals surface area contributed by atoms with E-state index in [4.69, 9.17) is 9.47 Å². The van der Waals surface area contributed by atoms with E-state index < -0.39 is 0 Å². The first-order chi connectivity index (χ1) is 12.3. The lowest BCUT2D eigenvalue weighted by Gasteiger charge is -2.20. The van der Waals surface area contributed by atoms with Crippen LogP contribution in [0.25, 0.3) is 0 Å². The Labute approximate surface area is 173 Å². The second-order valence-electron chi connectivity index (χ2n) is 6.77. The number of guanidine groups is 1. The molecule has 1 aromatic carbocycles. The highest BCUT2D eigenvalue weighted by molar-refractivity contribution is 14.0. The summed E-state index contributed by atoms with van der Waals surface area (Å²) in [5.41, 5.74) is 1.24. The predicted octanol–water partition coefficient (Wildman–Crippen LogP) is 2.48. The summed E-state index contributed by atoms with van der Waals surface area (Å²) in [4.78, 5) is 6.75. The van der Waals surface area contributed by atoms with Crippen molar-refractivity contribution in [1.29, 1.82) is 0 Å². The number of anilines is 1. The Kier molecular flexibility index (Phi) is 8.77. The van der Waals surface area contributed by atoms with Gasteiger partial charge in [0.2, 0.25) is 0 Å². The van der Waals surface area contributed by atoms with Gasteiger partial charge in [-0.05, 0) is 37.3 Å². The zero-order valence-corrected chi connectivity index (χ0v) is 18.1. The molecule has 2 heterocycles. The van der Waals surface area contributed by atoms with Crippen LogP contribution in [0.15, 0.2) is 29.3 Å². The number of hydrogen-bond acceptors (Lipinski definition) is 4. The smallest absolute Gasteiger partial charge is 0.191 e. The van der Waals surface area contributed by atoms with Gasteiger partial charge in [-0.1, -0.05) is 6.07 Å².